The molecule has 2 rings (SSSR count). The zero-order chi connectivity index (χ0) is 8.55. The van der Waals surface area contributed by atoms with Gasteiger partial charge in [0.25, 0.3) is 0 Å². The van der Waals surface area contributed by atoms with Crippen LogP contribution in [0.15, 0.2) is 24.0 Å². The molecular weight excluding hydrogens is 154 g/mol. The average molecular weight is 165 g/mol. The third-order valence-corrected chi connectivity index (χ3v) is 2.21. The number of ketones is 1. The second-order valence-corrected chi connectivity index (χ2v) is 3.03. The van der Waals surface area contributed by atoms with Crippen molar-refractivity contribution in [3.8, 4) is 0 Å². The average Bonchev–Trinajstić information content (AvgIpc) is 2.58. The van der Waals surface area contributed by atoms with Crippen LogP contribution in [0, 0.1) is 0 Å². The van der Waals surface area contributed by atoms with Gasteiger partial charge in [-0.25, -0.2) is 0 Å². The molecule has 1 N–H and O–H groups in total. The molecule has 64 valence electrons. The Kier molecular flexibility index (Phi) is 1.73. The molecule has 0 spiro atoms. The van der Waals surface area contributed by atoms with Crippen LogP contribution in [-0.4, -0.2) is 25.0 Å². The number of fused-ring (bicyclic) bond motifs is 1. The molecule has 0 saturated carbocycles. The zero-order valence-electron chi connectivity index (χ0n) is 6.80. The van der Waals surface area contributed by atoms with E-state index in [0.717, 1.165) is 18.7 Å². The van der Waals surface area contributed by atoms with Crippen molar-refractivity contribution in [2.75, 3.05) is 13.2 Å². The number of Topliss-reactive ketones (excluding diaryl/α,β-unsaturated/α-hetero) is 1. The first-order chi connectivity index (χ1) is 5.83. The Hall–Kier alpha value is -1.09. The van der Waals surface area contributed by atoms with Gasteiger partial charge in [-0.2, -0.15) is 0 Å². The summed E-state index contributed by atoms with van der Waals surface area (Å²) in [6, 6.07) is -0.153. The molecular formula is C9H11NO2. The van der Waals surface area contributed by atoms with Crippen molar-refractivity contribution >= 4 is 5.78 Å². The van der Waals surface area contributed by atoms with Gasteiger partial charge in [-0.05, 0) is 12.0 Å². The molecule has 3 heteroatoms. The molecule has 0 radical (unpaired) electrons. The zero-order valence-corrected chi connectivity index (χ0v) is 6.80. The summed E-state index contributed by atoms with van der Waals surface area (Å²) < 4.78 is 5.27. The Labute approximate surface area is 71.1 Å². The highest BCUT2D eigenvalue weighted by Crippen LogP contribution is 2.25. The van der Waals surface area contributed by atoms with Gasteiger partial charge in [-0.1, -0.05) is 6.08 Å². The van der Waals surface area contributed by atoms with Crippen molar-refractivity contribution in [2.24, 2.45) is 0 Å². The summed E-state index contributed by atoms with van der Waals surface area (Å²) in [7, 11) is 0. The van der Waals surface area contributed by atoms with Crippen molar-refractivity contribution in [2.45, 2.75) is 12.5 Å². The first kappa shape index (κ1) is 7.55. The lowest BCUT2D eigenvalue weighted by Gasteiger charge is -1.99. The number of rotatable bonds is 2. The number of allylic oxidation sites excluding steroid dienone is 1. The van der Waals surface area contributed by atoms with Crippen molar-refractivity contribution < 1.29 is 9.53 Å². The standard InChI is InChI=1S/C9H11NO2/c1-2-3-6-4-10-8-7(11)5-12-9(6)8/h2,8,10H,1,3-5H2. The van der Waals surface area contributed by atoms with Crippen LogP contribution in [0.25, 0.3) is 0 Å². The molecule has 0 aliphatic carbocycles. The van der Waals surface area contributed by atoms with E-state index in [2.05, 4.69) is 11.9 Å². The van der Waals surface area contributed by atoms with Crippen LogP contribution >= 0.6 is 0 Å². The first-order valence-electron chi connectivity index (χ1n) is 4.04. The fourth-order valence-electron chi connectivity index (χ4n) is 1.63. The Morgan fingerprint density at radius 3 is 3.33 bits per heavy atom. The van der Waals surface area contributed by atoms with Gasteiger partial charge in [0.15, 0.2) is 5.78 Å². The maximum Gasteiger partial charge on any atom is 0.194 e. The Morgan fingerprint density at radius 2 is 2.58 bits per heavy atom. The minimum absolute atomic E-state index is 0.143. The highest BCUT2D eigenvalue weighted by atomic mass is 16.5. The number of hydrogen-bond donors (Lipinski definition) is 1. The summed E-state index contributed by atoms with van der Waals surface area (Å²) in [5.74, 6) is 0.990. The van der Waals surface area contributed by atoms with E-state index < -0.39 is 0 Å². The Morgan fingerprint density at radius 1 is 1.75 bits per heavy atom. The first-order valence-corrected chi connectivity index (χ1v) is 4.04. The van der Waals surface area contributed by atoms with Crippen LogP contribution in [0.4, 0.5) is 0 Å². The van der Waals surface area contributed by atoms with Crippen LogP contribution in [0.1, 0.15) is 6.42 Å². The molecule has 0 aromatic heterocycles. The van der Waals surface area contributed by atoms with Gasteiger partial charge in [-0.15, -0.1) is 6.58 Å². The summed E-state index contributed by atoms with van der Waals surface area (Å²) in [5.41, 5.74) is 1.17. The van der Waals surface area contributed by atoms with E-state index in [0.29, 0.717) is 0 Å². The van der Waals surface area contributed by atoms with Gasteiger partial charge >= 0.3 is 0 Å². The van der Waals surface area contributed by atoms with Gasteiger partial charge in [0.1, 0.15) is 18.4 Å². The van der Waals surface area contributed by atoms with Crippen molar-refractivity contribution in [1.82, 2.24) is 5.32 Å². The summed E-state index contributed by atoms with van der Waals surface area (Å²) in [5, 5.41) is 3.11. The lowest BCUT2D eigenvalue weighted by molar-refractivity contribution is -0.119. The van der Waals surface area contributed by atoms with Gasteiger partial charge in [0.05, 0.1) is 0 Å². The van der Waals surface area contributed by atoms with E-state index in [1.807, 2.05) is 6.08 Å². The molecule has 12 heavy (non-hydrogen) atoms. The van der Waals surface area contributed by atoms with Crippen LogP contribution in [0.2, 0.25) is 0 Å². The fraction of sp³-hybridized carbons (Fsp3) is 0.444. The van der Waals surface area contributed by atoms with E-state index in [-0.39, 0.29) is 18.4 Å². The van der Waals surface area contributed by atoms with Crippen LogP contribution in [0.5, 0.6) is 0 Å². The second kappa shape index (κ2) is 2.75. The third kappa shape index (κ3) is 0.975. The normalized spacial score (nSPS) is 27.3. The quantitative estimate of drug-likeness (QED) is 0.601. The molecule has 0 bridgehead atoms. The second-order valence-electron chi connectivity index (χ2n) is 3.03. The molecule has 0 amide bonds. The molecule has 2 heterocycles. The number of carbonyl (C=O) groups excluding carboxylic acids is 1. The van der Waals surface area contributed by atoms with Gasteiger partial charge < -0.3 is 4.74 Å². The lowest BCUT2D eigenvalue weighted by Crippen LogP contribution is -2.30. The topological polar surface area (TPSA) is 38.3 Å². The van der Waals surface area contributed by atoms with Gasteiger partial charge in [0, 0.05) is 6.54 Å². The van der Waals surface area contributed by atoms with Gasteiger partial charge in [0.2, 0.25) is 0 Å². The van der Waals surface area contributed by atoms with Crippen LogP contribution in [-0.2, 0) is 9.53 Å². The molecule has 1 atom stereocenters. The number of hydrogen-bond acceptors (Lipinski definition) is 3. The lowest BCUT2D eigenvalue weighted by atomic mass is 10.1. The predicted molar refractivity (Wildman–Crippen MR) is 44.6 cm³/mol. The molecule has 0 aromatic carbocycles. The van der Waals surface area contributed by atoms with E-state index >= 15 is 0 Å². The predicted octanol–water partition coefficient (Wildman–Crippen LogP) is 0.388. The Balaban J connectivity index is 2.24. The fourth-order valence-corrected chi connectivity index (χ4v) is 1.63. The molecule has 2 aliphatic heterocycles. The number of nitrogens with one attached hydrogen (secondary N) is 1. The van der Waals surface area contributed by atoms with E-state index in [4.69, 9.17) is 4.74 Å². The summed E-state index contributed by atoms with van der Waals surface area (Å²) in [6.45, 7) is 4.65. The molecule has 1 fully saturated rings. The molecule has 3 nitrogen and oxygen atoms in total. The van der Waals surface area contributed by atoms with Crippen LogP contribution < -0.4 is 5.32 Å². The van der Waals surface area contributed by atoms with Crippen LogP contribution in [0.3, 0.4) is 0 Å². The van der Waals surface area contributed by atoms with E-state index in [1.165, 1.54) is 5.57 Å². The number of carbonyl (C=O) groups is 1. The maximum absolute atomic E-state index is 11.2. The Bertz CT molecular complexity index is 268. The van der Waals surface area contributed by atoms with Crippen molar-refractivity contribution in [1.29, 1.82) is 0 Å². The van der Waals surface area contributed by atoms with E-state index in [9.17, 15) is 4.79 Å². The van der Waals surface area contributed by atoms with E-state index in [1.54, 1.807) is 0 Å². The van der Waals surface area contributed by atoms with Crippen molar-refractivity contribution in [3.63, 3.8) is 0 Å². The molecule has 2 aliphatic rings. The highest BCUT2D eigenvalue weighted by Gasteiger charge is 2.37. The summed E-state index contributed by atoms with van der Waals surface area (Å²) in [4.78, 5) is 11.2. The monoisotopic (exact) mass is 165 g/mol. The minimum atomic E-state index is -0.153. The highest BCUT2D eigenvalue weighted by molar-refractivity contribution is 5.91. The SMILES string of the molecule is C=CCC1=C2OCC(=O)C2NC1. The third-order valence-electron chi connectivity index (χ3n) is 2.21. The largest absolute Gasteiger partial charge is 0.488 e. The minimum Gasteiger partial charge on any atom is -0.488 e. The van der Waals surface area contributed by atoms with Crippen molar-refractivity contribution in [3.05, 3.63) is 24.0 Å². The summed E-state index contributed by atoms with van der Waals surface area (Å²) >= 11 is 0. The van der Waals surface area contributed by atoms with Gasteiger partial charge in [-0.3, -0.25) is 10.1 Å². The molecule has 1 saturated heterocycles. The molecule has 0 aromatic rings. The summed E-state index contributed by atoms with van der Waals surface area (Å²) in [6.07, 6.45) is 2.64. The number of ether oxygens (including phenoxy) is 1. The molecule has 1 unspecified atom stereocenters. The maximum atomic E-state index is 11.2. The smallest absolute Gasteiger partial charge is 0.194 e.